The summed E-state index contributed by atoms with van der Waals surface area (Å²) in [6.07, 6.45) is 3.20. The van der Waals surface area contributed by atoms with Crippen LogP contribution in [0.4, 0.5) is 5.00 Å². The van der Waals surface area contributed by atoms with Gasteiger partial charge < -0.3 is 10.2 Å². The fourth-order valence-corrected chi connectivity index (χ4v) is 7.93. The van der Waals surface area contributed by atoms with E-state index in [4.69, 9.17) is 4.98 Å². The van der Waals surface area contributed by atoms with E-state index in [1.807, 2.05) is 29.2 Å². The van der Waals surface area contributed by atoms with Crippen molar-refractivity contribution in [3.05, 3.63) is 34.7 Å². The number of nitrogens with zero attached hydrogens (tertiary/aromatic N) is 3. The summed E-state index contributed by atoms with van der Waals surface area (Å²) in [4.78, 5) is 33.0. The monoisotopic (exact) mass is 518 g/mol. The Labute approximate surface area is 206 Å². The summed E-state index contributed by atoms with van der Waals surface area (Å²) in [6, 6.07) is 7.95. The van der Waals surface area contributed by atoms with Crippen LogP contribution in [0, 0.1) is 5.92 Å². The maximum atomic E-state index is 13.3. The molecule has 1 N–H and O–H groups in total. The first kappa shape index (κ1) is 23.4. The van der Waals surface area contributed by atoms with Crippen molar-refractivity contribution in [2.24, 2.45) is 5.92 Å². The third-order valence-corrected chi connectivity index (χ3v) is 9.93. The fourth-order valence-electron chi connectivity index (χ4n) is 4.64. The third kappa shape index (κ3) is 4.49. The number of hydrogen-bond donors (Lipinski definition) is 1. The lowest BCUT2D eigenvalue weighted by Gasteiger charge is -2.30. The second-order valence-electron chi connectivity index (χ2n) is 8.83. The van der Waals surface area contributed by atoms with E-state index in [1.165, 1.54) is 21.9 Å². The number of piperidine rings is 1. The minimum atomic E-state index is -3.34. The predicted octanol–water partition coefficient (Wildman–Crippen LogP) is 3.54. The van der Waals surface area contributed by atoms with Gasteiger partial charge in [-0.1, -0.05) is 12.1 Å². The van der Waals surface area contributed by atoms with Gasteiger partial charge in [-0.25, -0.2) is 17.7 Å². The van der Waals surface area contributed by atoms with Crippen LogP contribution in [0.3, 0.4) is 0 Å². The molecule has 1 atom stereocenters. The molecule has 0 radical (unpaired) electrons. The highest BCUT2D eigenvalue weighted by molar-refractivity contribution is 7.88. The van der Waals surface area contributed by atoms with Crippen LogP contribution in [0.1, 0.15) is 30.2 Å². The van der Waals surface area contributed by atoms with Gasteiger partial charge in [0.15, 0.2) is 0 Å². The average Bonchev–Trinajstić information content (AvgIpc) is 3.38. The van der Waals surface area contributed by atoms with Gasteiger partial charge in [0.25, 0.3) is 0 Å². The Balaban J connectivity index is 1.50. The first-order valence-corrected chi connectivity index (χ1v) is 14.7. The molecule has 8 nitrogen and oxygen atoms in total. The van der Waals surface area contributed by atoms with E-state index in [2.05, 4.69) is 5.32 Å². The van der Waals surface area contributed by atoms with Crippen LogP contribution in [0.2, 0.25) is 0 Å². The molecule has 0 spiro atoms. The molecule has 1 fully saturated rings. The molecule has 0 saturated carbocycles. The number of anilines is 1. The fraction of sp³-hybridized carbons (Fsp3) is 0.435. The number of nitrogens with one attached hydrogen (secondary N) is 1. The molecule has 2 aliphatic rings. The summed E-state index contributed by atoms with van der Waals surface area (Å²) >= 11 is 3.09. The van der Waals surface area contributed by atoms with Crippen LogP contribution in [0.25, 0.3) is 20.8 Å². The molecule has 2 aromatic heterocycles. The second kappa shape index (κ2) is 9.03. The number of amides is 2. The zero-order chi connectivity index (χ0) is 24.0. The maximum absolute atomic E-state index is 13.3. The molecule has 0 bridgehead atoms. The first-order chi connectivity index (χ1) is 16.2. The Morgan fingerprint density at radius 2 is 1.97 bits per heavy atom. The Morgan fingerprint density at radius 3 is 2.71 bits per heavy atom. The number of carbonyl (C=O) groups is 2. The molecule has 2 amide bonds. The highest BCUT2D eigenvalue weighted by Gasteiger charge is 2.33. The van der Waals surface area contributed by atoms with E-state index in [9.17, 15) is 18.0 Å². The standard InChI is InChI=1S/C23H26N4O4S3/c1-14(28)26-11-9-16-19(13-26)33-23(20(16)22-24-17-7-3-4-8-18(17)32-22)25-21(29)15-6-5-10-27(12-15)34(2,30)31/h3-4,7-8,15H,5-6,9-13H2,1-2H3,(H,25,29). The molecule has 1 aromatic carbocycles. The molecule has 180 valence electrons. The molecule has 5 rings (SSSR count). The summed E-state index contributed by atoms with van der Waals surface area (Å²) in [5.74, 6) is -0.536. The van der Waals surface area contributed by atoms with Gasteiger partial charge in [-0.15, -0.1) is 22.7 Å². The lowest BCUT2D eigenvalue weighted by molar-refractivity contribution is -0.129. The van der Waals surface area contributed by atoms with Crippen molar-refractivity contribution >= 4 is 59.7 Å². The number of carbonyl (C=O) groups excluding carboxylic acids is 2. The van der Waals surface area contributed by atoms with Crippen molar-refractivity contribution in [3.8, 4) is 10.6 Å². The normalized spacial score (nSPS) is 19.2. The lowest BCUT2D eigenvalue weighted by atomic mass is 9.98. The molecule has 3 aromatic rings. The van der Waals surface area contributed by atoms with Gasteiger partial charge in [0, 0.05) is 37.0 Å². The van der Waals surface area contributed by atoms with Crippen molar-refractivity contribution in [2.45, 2.75) is 32.7 Å². The first-order valence-electron chi connectivity index (χ1n) is 11.2. The van der Waals surface area contributed by atoms with Gasteiger partial charge >= 0.3 is 0 Å². The van der Waals surface area contributed by atoms with Gasteiger partial charge in [0.2, 0.25) is 21.8 Å². The molecular formula is C23H26N4O4S3. The lowest BCUT2D eigenvalue weighted by Crippen LogP contribution is -2.43. The Hall–Kier alpha value is -2.34. The summed E-state index contributed by atoms with van der Waals surface area (Å²) in [6.45, 7) is 3.38. The smallest absolute Gasteiger partial charge is 0.229 e. The number of rotatable bonds is 4. The molecule has 0 aliphatic carbocycles. The summed E-state index contributed by atoms with van der Waals surface area (Å²) < 4.78 is 26.5. The number of sulfonamides is 1. The summed E-state index contributed by atoms with van der Waals surface area (Å²) in [5.41, 5.74) is 2.99. The molecule has 4 heterocycles. The number of para-hydroxylation sites is 1. The highest BCUT2D eigenvalue weighted by Crippen LogP contribution is 2.46. The van der Waals surface area contributed by atoms with Crippen molar-refractivity contribution in [2.75, 3.05) is 31.2 Å². The highest BCUT2D eigenvalue weighted by atomic mass is 32.2. The van der Waals surface area contributed by atoms with Crippen LogP contribution >= 0.6 is 22.7 Å². The zero-order valence-electron chi connectivity index (χ0n) is 19.0. The Kier molecular flexibility index (Phi) is 6.21. The molecular weight excluding hydrogens is 492 g/mol. The number of thiophene rings is 1. The Morgan fingerprint density at radius 1 is 1.18 bits per heavy atom. The van der Waals surface area contributed by atoms with Crippen LogP contribution < -0.4 is 5.32 Å². The Bertz CT molecular complexity index is 1350. The summed E-state index contributed by atoms with van der Waals surface area (Å²) in [7, 11) is -3.34. The van der Waals surface area contributed by atoms with Crippen LogP contribution in [-0.4, -0.2) is 60.3 Å². The minimum Gasteiger partial charge on any atom is -0.337 e. The van der Waals surface area contributed by atoms with Crippen molar-refractivity contribution in [3.63, 3.8) is 0 Å². The van der Waals surface area contributed by atoms with Crippen molar-refractivity contribution in [1.82, 2.24) is 14.2 Å². The van der Waals surface area contributed by atoms with E-state index >= 15 is 0 Å². The predicted molar refractivity (Wildman–Crippen MR) is 135 cm³/mol. The van der Waals surface area contributed by atoms with Gasteiger partial charge in [-0.2, -0.15) is 0 Å². The van der Waals surface area contributed by atoms with E-state index in [-0.39, 0.29) is 18.4 Å². The second-order valence-corrected chi connectivity index (χ2v) is 13.0. The molecule has 34 heavy (non-hydrogen) atoms. The molecule has 1 saturated heterocycles. The zero-order valence-corrected chi connectivity index (χ0v) is 21.5. The number of hydrogen-bond acceptors (Lipinski definition) is 7. The molecule has 2 aliphatic heterocycles. The minimum absolute atomic E-state index is 0.0363. The van der Waals surface area contributed by atoms with Crippen LogP contribution in [0.15, 0.2) is 24.3 Å². The molecule has 11 heteroatoms. The number of aromatic nitrogens is 1. The van der Waals surface area contributed by atoms with Gasteiger partial charge in [-0.05, 0) is 37.0 Å². The SMILES string of the molecule is CC(=O)N1CCc2c(sc(NC(=O)C3CCCN(S(C)(=O)=O)C3)c2-c2nc3ccccc3s2)C1. The number of fused-ring (bicyclic) bond motifs is 2. The average molecular weight is 519 g/mol. The van der Waals surface area contributed by atoms with E-state index in [0.717, 1.165) is 36.2 Å². The van der Waals surface area contributed by atoms with Gasteiger partial charge in [0.1, 0.15) is 10.0 Å². The van der Waals surface area contributed by atoms with Crippen molar-refractivity contribution < 1.29 is 18.0 Å². The number of thiazole rings is 1. The van der Waals surface area contributed by atoms with E-state index < -0.39 is 15.9 Å². The largest absolute Gasteiger partial charge is 0.337 e. The maximum Gasteiger partial charge on any atom is 0.229 e. The van der Waals surface area contributed by atoms with E-state index in [0.29, 0.717) is 38.9 Å². The van der Waals surface area contributed by atoms with Crippen LogP contribution in [-0.2, 0) is 32.6 Å². The third-order valence-electron chi connectivity index (χ3n) is 6.47. The number of benzene rings is 1. The quantitative estimate of drug-likeness (QED) is 0.570. The van der Waals surface area contributed by atoms with Gasteiger partial charge in [0.05, 0.1) is 28.9 Å². The van der Waals surface area contributed by atoms with Gasteiger partial charge in [-0.3, -0.25) is 9.59 Å². The topological polar surface area (TPSA) is 99.7 Å². The van der Waals surface area contributed by atoms with Crippen molar-refractivity contribution in [1.29, 1.82) is 0 Å². The van der Waals surface area contributed by atoms with Crippen LogP contribution in [0.5, 0.6) is 0 Å². The molecule has 1 unspecified atom stereocenters. The summed E-state index contributed by atoms with van der Waals surface area (Å²) in [5, 5.41) is 4.70. The van der Waals surface area contributed by atoms with E-state index in [1.54, 1.807) is 18.3 Å².